The highest BCUT2D eigenvalue weighted by Crippen LogP contribution is 2.26. The summed E-state index contributed by atoms with van der Waals surface area (Å²) in [6.45, 7) is 6.73. The first-order valence-electron chi connectivity index (χ1n) is 9.59. The predicted octanol–water partition coefficient (Wildman–Crippen LogP) is 3.07. The van der Waals surface area contributed by atoms with Gasteiger partial charge in [-0.25, -0.2) is 0 Å². The van der Waals surface area contributed by atoms with Gasteiger partial charge in [-0.15, -0.1) is 16.4 Å². The Morgan fingerprint density at radius 3 is 2.79 bits per heavy atom. The first kappa shape index (κ1) is 19.7. The number of carbonyl (C=O) groups is 1. The molecule has 0 spiro atoms. The lowest BCUT2D eigenvalue weighted by molar-refractivity contribution is -0.134. The van der Waals surface area contributed by atoms with Gasteiger partial charge in [0, 0.05) is 26.2 Å². The van der Waals surface area contributed by atoms with Crippen LogP contribution in [0.25, 0.3) is 10.7 Å². The minimum absolute atomic E-state index is 0.0529. The van der Waals surface area contributed by atoms with Gasteiger partial charge >= 0.3 is 0 Å². The topological polar surface area (TPSA) is 82.9 Å². The Kier molecular flexibility index (Phi) is 5.72. The maximum atomic E-state index is 13.3. The summed E-state index contributed by atoms with van der Waals surface area (Å²) < 4.78 is 2.28. The number of amides is 1. The second-order valence-corrected chi connectivity index (χ2v) is 8.41. The van der Waals surface area contributed by atoms with E-state index in [1.807, 2.05) is 53.0 Å². The van der Waals surface area contributed by atoms with E-state index < -0.39 is 6.04 Å². The molecule has 1 N–H and O–H groups in total. The summed E-state index contributed by atoms with van der Waals surface area (Å²) in [6, 6.07) is 7.47. The molecule has 1 amide bonds. The SMILES string of the molecule is Cc1ccc(N2CCCN(C(=O)C(C)n3c(-c4cccs4)n[nH]c3=S)CC2)nn1. The third-order valence-electron chi connectivity index (χ3n) is 5.11. The quantitative estimate of drug-likeness (QED) is 0.642. The van der Waals surface area contributed by atoms with Gasteiger partial charge in [0.2, 0.25) is 5.91 Å². The maximum absolute atomic E-state index is 13.3. The van der Waals surface area contributed by atoms with E-state index in [1.54, 1.807) is 11.3 Å². The number of aromatic nitrogens is 5. The smallest absolute Gasteiger partial charge is 0.245 e. The number of nitrogens with zero attached hydrogens (tertiary/aromatic N) is 6. The molecule has 1 atom stereocenters. The average molecular weight is 430 g/mol. The van der Waals surface area contributed by atoms with Crippen LogP contribution in [0.2, 0.25) is 0 Å². The molecule has 0 aromatic carbocycles. The molecule has 152 valence electrons. The number of rotatable bonds is 4. The Hall–Kier alpha value is -2.59. The molecule has 1 aliphatic heterocycles. The average Bonchev–Trinajstić information content (AvgIpc) is 3.31. The van der Waals surface area contributed by atoms with E-state index >= 15 is 0 Å². The molecule has 8 nitrogen and oxygen atoms in total. The largest absolute Gasteiger partial charge is 0.353 e. The highest BCUT2D eigenvalue weighted by Gasteiger charge is 2.27. The van der Waals surface area contributed by atoms with Gasteiger partial charge in [-0.05, 0) is 56.1 Å². The fourth-order valence-corrected chi connectivity index (χ4v) is 4.55. The number of aromatic amines is 1. The second kappa shape index (κ2) is 8.42. The van der Waals surface area contributed by atoms with E-state index in [9.17, 15) is 4.79 Å². The van der Waals surface area contributed by atoms with Crippen LogP contribution in [0.1, 0.15) is 25.1 Å². The molecule has 1 fully saturated rings. The molecule has 1 saturated heterocycles. The summed E-state index contributed by atoms with van der Waals surface area (Å²) in [7, 11) is 0. The molecular formula is C19H23N7OS2. The highest BCUT2D eigenvalue weighted by molar-refractivity contribution is 7.71. The molecular weight excluding hydrogens is 406 g/mol. The van der Waals surface area contributed by atoms with Crippen LogP contribution in [-0.4, -0.2) is 61.9 Å². The number of hydrogen-bond donors (Lipinski definition) is 1. The molecule has 10 heteroatoms. The van der Waals surface area contributed by atoms with Crippen LogP contribution in [0.3, 0.4) is 0 Å². The van der Waals surface area contributed by atoms with Gasteiger partial charge in [-0.2, -0.15) is 10.2 Å². The first-order valence-corrected chi connectivity index (χ1v) is 10.9. The summed E-state index contributed by atoms with van der Waals surface area (Å²) in [5.74, 6) is 1.62. The Morgan fingerprint density at radius 2 is 2.07 bits per heavy atom. The molecule has 0 aliphatic carbocycles. The second-order valence-electron chi connectivity index (χ2n) is 7.07. The number of carbonyl (C=O) groups excluding carboxylic acids is 1. The molecule has 1 unspecified atom stereocenters. The molecule has 0 bridgehead atoms. The van der Waals surface area contributed by atoms with Gasteiger partial charge < -0.3 is 9.80 Å². The zero-order valence-corrected chi connectivity index (χ0v) is 18.0. The van der Waals surface area contributed by atoms with Crippen molar-refractivity contribution in [3.8, 4) is 10.7 Å². The maximum Gasteiger partial charge on any atom is 0.245 e. The number of anilines is 1. The lowest BCUT2D eigenvalue weighted by Gasteiger charge is -2.25. The van der Waals surface area contributed by atoms with E-state index in [0.717, 1.165) is 35.9 Å². The van der Waals surface area contributed by atoms with E-state index in [1.165, 1.54) is 0 Å². The molecule has 4 rings (SSSR count). The van der Waals surface area contributed by atoms with Crippen molar-refractivity contribution in [3.63, 3.8) is 0 Å². The lowest BCUT2D eigenvalue weighted by atomic mass is 10.2. The third-order valence-corrected chi connectivity index (χ3v) is 6.26. The minimum atomic E-state index is -0.427. The standard InChI is InChI=1S/C19H23N7OS2/c1-13-6-7-16(21-20-13)24-8-4-9-25(11-10-24)18(27)14(2)26-17(22-23-19(26)28)15-5-3-12-29-15/h3,5-7,12,14H,4,8-11H2,1-2H3,(H,23,28). The number of thiophene rings is 1. The van der Waals surface area contributed by atoms with E-state index in [2.05, 4.69) is 25.3 Å². The van der Waals surface area contributed by atoms with Crippen LogP contribution in [0.5, 0.6) is 0 Å². The Bertz CT molecular complexity index is 1030. The number of H-pyrrole nitrogens is 1. The van der Waals surface area contributed by atoms with Crippen molar-refractivity contribution < 1.29 is 4.79 Å². The number of hydrogen-bond acceptors (Lipinski definition) is 7. The molecule has 1 aliphatic rings. The molecule has 29 heavy (non-hydrogen) atoms. The summed E-state index contributed by atoms with van der Waals surface area (Å²) >= 11 is 7.00. The van der Waals surface area contributed by atoms with E-state index in [-0.39, 0.29) is 5.91 Å². The molecule has 3 aromatic heterocycles. The van der Waals surface area contributed by atoms with Gasteiger partial charge in [0.15, 0.2) is 16.4 Å². The Balaban J connectivity index is 1.50. The van der Waals surface area contributed by atoms with E-state index in [4.69, 9.17) is 12.2 Å². The van der Waals surface area contributed by atoms with Crippen molar-refractivity contribution in [1.29, 1.82) is 0 Å². The van der Waals surface area contributed by atoms with E-state index in [0.29, 0.717) is 23.7 Å². The number of nitrogens with one attached hydrogen (secondary N) is 1. The lowest BCUT2D eigenvalue weighted by Crippen LogP contribution is -2.39. The summed E-state index contributed by atoms with van der Waals surface area (Å²) in [4.78, 5) is 18.4. The van der Waals surface area contributed by atoms with Crippen LogP contribution in [-0.2, 0) is 4.79 Å². The zero-order valence-electron chi connectivity index (χ0n) is 16.4. The fourth-order valence-electron chi connectivity index (χ4n) is 3.55. The molecule has 4 heterocycles. The van der Waals surface area contributed by atoms with Crippen molar-refractivity contribution in [1.82, 2.24) is 29.9 Å². The zero-order chi connectivity index (χ0) is 20.4. The third kappa shape index (κ3) is 4.08. The molecule has 0 saturated carbocycles. The van der Waals surface area contributed by atoms with Crippen LogP contribution in [0.4, 0.5) is 5.82 Å². The molecule has 3 aromatic rings. The van der Waals surface area contributed by atoms with Crippen LogP contribution >= 0.6 is 23.6 Å². The summed E-state index contributed by atoms with van der Waals surface area (Å²) in [6.07, 6.45) is 0.878. The monoisotopic (exact) mass is 429 g/mol. The Labute approximate surface area is 178 Å². The predicted molar refractivity (Wildman–Crippen MR) is 116 cm³/mol. The van der Waals surface area contributed by atoms with Gasteiger partial charge in [0.25, 0.3) is 0 Å². The van der Waals surface area contributed by atoms with Crippen molar-refractivity contribution in [2.45, 2.75) is 26.3 Å². The van der Waals surface area contributed by atoms with Crippen LogP contribution in [0, 0.1) is 11.7 Å². The molecule has 0 radical (unpaired) electrons. The van der Waals surface area contributed by atoms with Crippen molar-refractivity contribution in [2.75, 3.05) is 31.1 Å². The van der Waals surface area contributed by atoms with Crippen molar-refractivity contribution in [2.24, 2.45) is 0 Å². The minimum Gasteiger partial charge on any atom is -0.353 e. The fraction of sp³-hybridized carbons (Fsp3) is 0.421. The van der Waals surface area contributed by atoms with Gasteiger partial charge in [0.1, 0.15) is 6.04 Å². The van der Waals surface area contributed by atoms with Crippen molar-refractivity contribution in [3.05, 3.63) is 40.1 Å². The van der Waals surface area contributed by atoms with Gasteiger partial charge in [-0.3, -0.25) is 14.5 Å². The van der Waals surface area contributed by atoms with Gasteiger partial charge in [0.05, 0.1) is 10.6 Å². The van der Waals surface area contributed by atoms with Crippen LogP contribution in [0.15, 0.2) is 29.6 Å². The first-order chi connectivity index (χ1) is 14.0. The number of aryl methyl sites for hydroxylation is 1. The Morgan fingerprint density at radius 1 is 1.21 bits per heavy atom. The summed E-state index contributed by atoms with van der Waals surface area (Å²) in [5.41, 5.74) is 0.896. The normalized spacial score (nSPS) is 15.9. The van der Waals surface area contributed by atoms with Crippen molar-refractivity contribution >= 4 is 35.3 Å². The van der Waals surface area contributed by atoms with Crippen LogP contribution < -0.4 is 4.90 Å². The van der Waals surface area contributed by atoms with Gasteiger partial charge in [-0.1, -0.05) is 6.07 Å². The summed E-state index contributed by atoms with van der Waals surface area (Å²) in [5, 5.41) is 17.6. The highest BCUT2D eigenvalue weighted by atomic mass is 32.1.